The van der Waals surface area contributed by atoms with E-state index in [1.807, 2.05) is 12.1 Å². The molecule has 2 heterocycles. The monoisotopic (exact) mass is 448 g/mol. The summed E-state index contributed by atoms with van der Waals surface area (Å²) in [6.45, 7) is 3.40. The molecule has 0 bridgehead atoms. The maximum atomic E-state index is 13.1. The maximum Gasteiger partial charge on any atom is 0.338 e. The molecular formula is C25H25FN4O3. The maximum absolute atomic E-state index is 13.1. The van der Waals surface area contributed by atoms with Crippen molar-refractivity contribution in [2.24, 2.45) is 5.92 Å². The van der Waals surface area contributed by atoms with Crippen LogP contribution in [0.25, 0.3) is 11.3 Å². The molecule has 1 amide bonds. The zero-order valence-electron chi connectivity index (χ0n) is 18.3. The minimum atomic E-state index is -0.384. The molecular weight excluding hydrogens is 423 g/mol. The Labute approximate surface area is 191 Å². The molecule has 3 aromatic rings. The van der Waals surface area contributed by atoms with Gasteiger partial charge in [0.05, 0.1) is 23.8 Å². The number of anilines is 2. The van der Waals surface area contributed by atoms with Crippen LogP contribution in [-0.4, -0.2) is 41.8 Å². The minimum Gasteiger partial charge on any atom is -0.462 e. The number of halogens is 1. The number of esters is 1. The number of ether oxygens (including phenoxy) is 1. The third-order valence-electron chi connectivity index (χ3n) is 5.57. The molecule has 1 unspecified atom stereocenters. The number of hydrogen-bond acceptors (Lipinski definition) is 6. The zero-order chi connectivity index (χ0) is 23.2. The van der Waals surface area contributed by atoms with E-state index in [-0.39, 0.29) is 23.6 Å². The lowest BCUT2D eigenvalue weighted by Gasteiger charge is -2.32. The quantitative estimate of drug-likeness (QED) is 0.566. The van der Waals surface area contributed by atoms with Crippen molar-refractivity contribution in [2.45, 2.75) is 19.8 Å². The van der Waals surface area contributed by atoms with Crippen LogP contribution in [0.5, 0.6) is 0 Å². The fraction of sp³-hybridized carbons (Fsp3) is 0.280. The van der Waals surface area contributed by atoms with Gasteiger partial charge in [-0.25, -0.2) is 9.18 Å². The van der Waals surface area contributed by atoms with Gasteiger partial charge < -0.3 is 15.0 Å². The second-order valence-corrected chi connectivity index (χ2v) is 7.86. The molecule has 1 N–H and O–H groups in total. The molecule has 1 aromatic heterocycles. The van der Waals surface area contributed by atoms with Crippen molar-refractivity contribution in [2.75, 3.05) is 29.9 Å². The first-order valence-corrected chi connectivity index (χ1v) is 11.0. The van der Waals surface area contributed by atoms with Crippen LogP contribution in [0.1, 0.15) is 30.1 Å². The van der Waals surface area contributed by atoms with Gasteiger partial charge in [-0.05, 0) is 80.4 Å². The molecule has 1 fully saturated rings. The van der Waals surface area contributed by atoms with Gasteiger partial charge in [0.2, 0.25) is 5.91 Å². The van der Waals surface area contributed by atoms with Crippen molar-refractivity contribution in [3.8, 4) is 11.3 Å². The molecule has 0 aliphatic carbocycles. The smallest absolute Gasteiger partial charge is 0.338 e. The van der Waals surface area contributed by atoms with Crippen molar-refractivity contribution >= 4 is 23.4 Å². The number of carbonyl (C=O) groups is 2. The molecule has 0 saturated carbocycles. The third kappa shape index (κ3) is 5.52. The fourth-order valence-electron chi connectivity index (χ4n) is 3.82. The topological polar surface area (TPSA) is 84.4 Å². The lowest BCUT2D eigenvalue weighted by atomic mass is 9.97. The van der Waals surface area contributed by atoms with Crippen LogP contribution in [0, 0.1) is 11.7 Å². The first kappa shape index (κ1) is 22.4. The summed E-state index contributed by atoms with van der Waals surface area (Å²) < 4.78 is 18.1. The van der Waals surface area contributed by atoms with Crippen molar-refractivity contribution < 1.29 is 18.7 Å². The van der Waals surface area contributed by atoms with Crippen LogP contribution in [0.4, 0.5) is 15.9 Å². The van der Waals surface area contributed by atoms with Gasteiger partial charge in [-0.15, -0.1) is 10.2 Å². The van der Waals surface area contributed by atoms with E-state index in [0.29, 0.717) is 35.9 Å². The highest BCUT2D eigenvalue weighted by Crippen LogP contribution is 2.24. The number of aromatic nitrogens is 2. The van der Waals surface area contributed by atoms with Gasteiger partial charge in [0, 0.05) is 24.3 Å². The minimum absolute atomic E-state index is 0.0699. The highest BCUT2D eigenvalue weighted by Gasteiger charge is 2.27. The third-order valence-corrected chi connectivity index (χ3v) is 5.57. The average molecular weight is 448 g/mol. The number of carbonyl (C=O) groups excluding carboxylic acids is 2. The van der Waals surface area contributed by atoms with Crippen LogP contribution >= 0.6 is 0 Å². The predicted molar refractivity (Wildman–Crippen MR) is 123 cm³/mol. The van der Waals surface area contributed by atoms with Crippen LogP contribution < -0.4 is 10.2 Å². The second kappa shape index (κ2) is 10.2. The first-order chi connectivity index (χ1) is 16.0. The largest absolute Gasteiger partial charge is 0.462 e. The molecule has 4 rings (SSSR count). The molecule has 170 valence electrons. The van der Waals surface area contributed by atoms with Crippen molar-refractivity contribution in [3.63, 3.8) is 0 Å². The number of nitrogens with one attached hydrogen (secondary N) is 1. The van der Waals surface area contributed by atoms with E-state index in [1.165, 1.54) is 12.1 Å². The number of benzene rings is 2. The number of piperidine rings is 1. The lowest BCUT2D eigenvalue weighted by molar-refractivity contribution is -0.120. The van der Waals surface area contributed by atoms with Crippen LogP contribution in [-0.2, 0) is 9.53 Å². The number of hydrogen-bond donors (Lipinski definition) is 1. The lowest BCUT2D eigenvalue weighted by Crippen LogP contribution is -2.41. The van der Waals surface area contributed by atoms with Crippen molar-refractivity contribution in [1.82, 2.24) is 10.2 Å². The van der Waals surface area contributed by atoms with Crippen molar-refractivity contribution in [1.29, 1.82) is 0 Å². The molecule has 0 spiro atoms. The standard InChI is InChI=1S/C25H25FN4O3/c1-2-33-25(32)18-7-11-21(12-8-18)27-24(31)19-4-3-15-30(16-19)23-14-13-22(28-29-23)17-5-9-20(26)10-6-17/h5-14,19H,2-4,15-16H2,1H3,(H,27,31). The van der Waals surface area contributed by atoms with E-state index >= 15 is 0 Å². The van der Waals surface area contributed by atoms with Gasteiger partial charge in [-0.3, -0.25) is 4.79 Å². The first-order valence-electron chi connectivity index (χ1n) is 11.0. The van der Waals surface area contributed by atoms with E-state index in [1.54, 1.807) is 43.3 Å². The van der Waals surface area contributed by atoms with Crippen molar-refractivity contribution in [3.05, 3.63) is 72.0 Å². The highest BCUT2D eigenvalue weighted by atomic mass is 19.1. The van der Waals surface area contributed by atoms with Gasteiger partial charge in [0.1, 0.15) is 5.82 Å². The summed E-state index contributed by atoms with van der Waals surface area (Å²) in [5, 5.41) is 11.5. The zero-order valence-corrected chi connectivity index (χ0v) is 18.3. The summed E-state index contributed by atoms with van der Waals surface area (Å²) in [4.78, 5) is 26.7. The second-order valence-electron chi connectivity index (χ2n) is 7.86. The van der Waals surface area contributed by atoms with Gasteiger partial charge >= 0.3 is 5.97 Å². The van der Waals surface area contributed by atoms with Gasteiger partial charge in [0.25, 0.3) is 0 Å². The van der Waals surface area contributed by atoms with E-state index in [9.17, 15) is 14.0 Å². The normalized spacial score (nSPS) is 15.7. The van der Waals surface area contributed by atoms with Crippen LogP contribution in [0.3, 0.4) is 0 Å². The van der Waals surface area contributed by atoms with Crippen LogP contribution in [0.2, 0.25) is 0 Å². The van der Waals surface area contributed by atoms with E-state index in [2.05, 4.69) is 20.4 Å². The Hall–Kier alpha value is -3.81. The van der Waals surface area contributed by atoms with E-state index < -0.39 is 0 Å². The summed E-state index contributed by atoms with van der Waals surface area (Å²) in [5.74, 6) is -0.237. The number of nitrogens with zero attached hydrogens (tertiary/aromatic N) is 3. The number of rotatable bonds is 6. The molecule has 2 aromatic carbocycles. The summed E-state index contributed by atoms with van der Waals surface area (Å²) in [6, 6.07) is 16.5. The molecule has 1 atom stereocenters. The Bertz CT molecular complexity index is 1100. The Kier molecular flexibility index (Phi) is 6.92. The number of amides is 1. The molecule has 1 aliphatic rings. The Morgan fingerprint density at radius 2 is 1.82 bits per heavy atom. The average Bonchev–Trinajstić information content (AvgIpc) is 2.85. The fourth-order valence-corrected chi connectivity index (χ4v) is 3.82. The summed E-state index contributed by atoms with van der Waals surface area (Å²) in [6.07, 6.45) is 1.64. The molecule has 0 radical (unpaired) electrons. The molecule has 8 heteroatoms. The molecule has 1 aliphatic heterocycles. The Morgan fingerprint density at radius 3 is 2.48 bits per heavy atom. The molecule has 1 saturated heterocycles. The summed E-state index contributed by atoms with van der Waals surface area (Å²) >= 11 is 0. The van der Waals surface area contributed by atoms with Gasteiger partial charge in [-0.1, -0.05) is 0 Å². The Morgan fingerprint density at radius 1 is 1.06 bits per heavy atom. The highest BCUT2D eigenvalue weighted by molar-refractivity contribution is 5.94. The van der Waals surface area contributed by atoms with Crippen LogP contribution in [0.15, 0.2) is 60.7 Å². The van der Waals surface area contributed by atoms with E-state index in [0.717, 1.165) is 24.9 Å². The summed E-state index contributed by atoms with van der Waals surface area (Å²) in [7, 11) is 0. The summed E-state index contributed by atoms with van der Waals surface area (Å²) in [5.41, 5.74) is 2.53. The molecule has 33 heavy (non-hydrogen) atoms. The SMILES string of the molecule is CCOC(=O)c1ccc(NC(=O)C2CCCN(c3ccc(-c4ccc(F)cc4)nn3)C2)cc1. The predicted octanol–water partition coefficient (Wildman–Crippen LogP) is 4.31. The van der Waals surface area contributed by atoms with E-state index in [4.69, 9.17) is 4.74 Å². The van der Waals surface area contributed by atoms with Gasteiger partial charge in [-0.2, -0.15) is 0 Å². The molecule has 7 nitrogen and oxygen atoms in total. The Balaban J connectivity index is 1.37. The van der Waals surface area contributed by atoms with Gasteiger partial charge in [0.15, 0.2) is 5.82 Å².